The summed E-state index contributed by atoms with van der Waals surface area (Å²) in [5.41, 5.74) is 3.80. The Morgan fingerprint density at radius 1 is 1.18 bits per heavy atom. The summed E-state index contributed by atoms with van der Waals surface area (Å²) in [5.74, 6) is -0.0940. The summed E-state index contributed by atoms with van der Waals surface area (Å²) in [6.07, 6.45) is 5.94. The number of aromatic nitrogens is 2. The lowest BCUT2D eigenvalue weighted by molar-refractivity contribution is -0.114. The number of aryl methyl sites for hydroxylation is 1. The van der Waals surface area contributed by atoms with Crippen molar-refractivity contribution in [2.45, 2.75) is 19.0 Å². The van der Waals surface area contributed by atoms with Crippen molar-refractivity contribution in [1.82, 2.24) is 14.9 Å². The minimum Gasteiger partial charge on any atom is -0.357 e. The van der Waals surface area contributed by atoms with E-state index in [9.17, 15) is 4.79 Å². The van der Waals surface area contributed by atoms with Crippen molar-refractivity contribution in [3.63, 3.8) is 0 Å². The van der Waals surface area contributed by atoms with Crippen LogP contribution in [0.15, 0.2) is 67.1 Å². The average Bonchev–Trinajstić information content (AvgIpc) is 3.26. The molecule has 7 heteroatoms. The van der Waals surface area contributed by atoms with Gasteiger partial charge in [-0.2, -0.15) is 0 Å². The molecular weight excluding hydrogens is 370 g/mol. The Morgan fingerprint density at radius 2 is 1.96 bits per heavy atom. The van der Waals surface area contributed by atoms with E-state index >= 15 is 0 Å². The first-order valence-corrected chi connectivity index (χ1v) is 9.44. The second kappa shape index (κ2) is 7.44. The molecule has 1 fully saturated rings. The molecule has 2 N–H and O–H groups in total. The first-order valence-electron chi connectivity index (χ1n) is 9.03. The Kier molecular flexibility index (Phi) is 4.83. The highest BCUT2D eigenvalue weighted by Gasteiger charge is 2.40. The van der Waals surface area contributed by atoms with Gasteiger partial charge in [0.25, 0.3) is 0 Å². The van der Waals surface area contributed by atoms with Crippen molar-refractivity contribution < 1.29 is 4.79 Å². The van der Waals surface area contributed by atoms with Gasteiger partial charge < -0.3 is 20.1 Å². The molecule has 4 rings (SSSR count). The van der Waals surface area contributed by atoms with Gasteiger partial charge in [0.1, 0.15) is 0 Å². The maximum atomic E-state index is 11.3. The summed E-state index contributed by atoms with van der Waals surface area (Å²) in [6.45, 7) is 1.50. The van der Waals surface area contributed by atoms with Gasteiger partial charge in [-0.25, -0.2) is 0 Å². The highest BCUT2D eigenvalue weighted by molar-refractivity contribution is 7.80. The largest absolute Gasteiger partial charge is 0.357 e. The van der Waals surface area contributed by atoms with Crippen LogP contribution in [0.5, 0.6) is 0 Å². The van der Waals surface area contributed by atoms with Gasteiger partial charge in [-0.05, 0) is 60.2 Å². The lowest BCUT2D eigenvalue weighted by atomic mass is 9.98. The highest BCUT2D eigenvalue weighted by atomic mass is 32.1. The molecule has 1 saturated heterocycles. The zero-order valence-electron chi connectivity index (χ0n) is 15.7. The lowest BCUT2D eigenvalue weighted by Crippen LogP contribution is -2.29. The van der Waals surface area contributed by atoms with Gasteiger partial charge in [-0.1, -0.05) is 6.07 Å². The van der Waals surface area contributed by atoms with Gasteiger partial charge in [-0.3, -0.25) is 9.78 Å². The number of carbonyl (C=O) groups excluding carboxylic acids is 1. The number of nitrogens with one attached hydrogen (secondary N) is 2. The fourth-order valence-electron chi connectivity index (χ4n) is 3.58. The summed E-state index contributed by atoms with van der Waals surface area (Å²) in [7, 11) is 2.01. The average molecular weight is 392 g/mol. The molecule has 2 aromatic heterocycles. The topological polar surface area (TPSA) is 62.2 Å². The van der Waals surface area contributed by atoms with Crippen LogP contribution in [0.4, 0.5) is 11.4 Å². The SMILES string of the molecule is CC(=O)Nc1ccc(N2C(=S)N[C@@H](c3ccccn3)[C@@H]2c2ccn(C)c2)cc1. The maximum absolute atomic E-state index is 11.3. The van der Waals surface area contributed by atoms with Crippen molar-refractivity contribution >= 4 is 34.6 Å². The van der Waals surface area contributed by atoms with Crippen LogP contribution >= 0.6 is 12.2 Å². The molecule has 0 spiro atoms. The van der Waals surface area contributed by atoms with Crippen LogP contribution < -0.4 is 15.5 Å². The quantitative estimate of drug-likeness (QED) is 0.666. The van der Waals surface area contributed by atoms with Crippen LogP contribution in [0.1, 0.15) is 30.3 Å². The second-order valence-electron chi connectivity index (χ2n) is 6.83. The predicted molar refractivity (Wildman–Crippen MR) is 114 cm³/mol. The third-order valence-corrected chi connectivity index (χ3v) is 5.07. The van der Waals surface area contributed by atoms with E-state index in [1.807, 2.05) is 60.3 Å². The van der Waals surface area contributed by atoms with Crippen molar-refractivity contribution in [2.24, 2.45) is 7.05 Å². The highest BCUT2D eigenvalue weighted by Crippen LogP contribution is 2.41. The van der Waals surface area contributed by atoms with E-state index < -0.39 is 0 Å². The van der Waals surface area contributed by atoms with Crippen LogP contribution in [-0.4, -0.2) is 20.6 Å². The van der Waals surface area contributed by atoms with Crippen molar-refractivity contribution in [1.29, 1.82) is 0 Å². The molecule has 3 heterocycles. The number of amides is 1. The zero-order chi connectivity index (χ0) is 19.7. The second-order valence-corrected chi connectivity index (χ2v) is 7.22. The van der Waals surface area contributed by atoms with Crippen molar-refractivity contribution in [3.8, 4) is 0 Å². The Bertz CT molecular complexity index is 999. The molecule has 6 nitrogen and oxygen atoms in total. The number of carbonyl (C=O) groups is 1. The molecule has 3 aromatic rings. The van der Waals surface area contributed by atoms with E-state index in [1.54, 1.807) is 6.20 Å². The molecule has 0 unspecified atom stereocenters. The maximum Gasteiger partial charge on any atom is 0.221 e. The Labute approximate surface area is 169 Å². The van der Waals surface area contributed by atoms with Crippen LogP contribution in [0, 0.1) is 0 Å². The third kappa shape index (κ3) is 3.48. The molecule has 0 saturated carbocycles. The van der Waals surface area contributed by atoms with Gasteiger partial charge in [0, 0.05) is 43.9 Å². The van der Waals surface area contributed by atoms with E-state index in [2.05, 4.69) is 32.8 Å². The van der Waals surface area contributed by atoms with E-state index in [0.29, 0.717) is 5.11 Å². The minimum absolute atomic E-state index is 0.0322. The Morgan fingerprint density at radius 3 is 2.57 bits per heavy atom. The molecule has 0 aliphatic carbocycles. The van der Waals surface area contributed by atoms with Gasteiger partial charge in [0.05, 0.1) is 17.8 Å². The van der Waals surface area contributed by atoms with E-state index in [0.717, 1.165) is 22.6 Å². The number of nitrogens with zero attached hydrogens (tertiary/aromatic N) is 3. The molecule has 0 radical (unpaired) electrons. The van der Waals surface area contributed by atoms with Crippen LogP contribution in [0.3, 0.4) is 0 Å². The number of anilines is 2. The summed E-state index contributed by atoms with van der Waals surface area (Å²) in [5, 5.41) is 6.88. The summed E-state index contributed by atoms with van der Waals surface area (Å²) in [6, 6.07) is 15.6. The Balaban J connectivity index is 1.74. The number of rotatable bonds is 4. The molecule has 1 aromatic carbocycles. The smallest absolute Gasteiger partial charge is 0.221 e. The normalized spacial score (nSPS) is 18.8. The predicted octanol–water partition coefficient (Wildman–Crippen LogP) is 3.56. The minimum atomic E-state index is -0.0940. The molecule has 2 atom stereocenters. The number of hydrogen-bond donors (Lipinski definition) is 2. The number of pyridine rings is 1. The van der Waals surface area contributed by atoms with E-state index in [4.69, 9.17) is 12.2 Å². The summed E-state index contributed by atoms with van der Waals surface area (Å²) >= 11 is 5.70. The monoisotopic (exact) mass is 391 g/mol. The standard InChI is InChI=1S/C21H21N5OS/c1-14(27)23-16-6-8-17(9-7-16)26-20(15-10-12-25(2)13-15)19(24-21(26)28)18-5-3-4-11-22-18/h3-13,19-20H,1-2H3,(H,23,27)(H,24,28)/t19-,20-/m0/s1. The number of benzene rings is 1. The number of thiocarbonyl (C=S) groups is 1. The first-order chi connectivity index (χ1) is 13.5. The van der Waals surface area contributed by atoms with Gasteiger partial charge >= 0.3 is 0 Å². The number of hydrogen-bond acceptors (Lipinski definition) is 3. The van der Waals surface area contributed by atoms with Crippen LogP contribution in [0.2, 0.25) is 0 Å². The summed E-state index contributed by atoms with van der Waals surface area (Å²) in [4.78, 5) is 17.9. The third-order valence-electron chi connectivity index (χ3n) is 4.76. The van der Waals surface area contributed by atoms with E-state index in [1.165, 1.54) is 6.92 Å². The molecule has 142 valence electrons. The fraction of sp³-hybridized carbons (Fsp3) is 0.190. The molecule has 0 bridgehead atoms. The van der Waals surface area contributed by atoms with Gasteiger partial charge in [-0.15, -0.1) is 0 Å². The van der Waals surface area contributed by atoms with E-state index in [-0.39, 0.29) is 18.0 Å². The Hall–Kier alpha value is -3.19. The molecule has 1 aliphatic rings. The summed E-state index contributed by atoms with van der Waals surface area (Å²) < 4.78 is 2.03. The van der Waals surface area contributed by atoms with Crippen LogP contribution in [0.25, 0.3) is 0 Å². The molecular formula is C21H21N5OS. The molecule has 1 aliphatic heterocycles. The molecule has 1 amide bonds. The van der Waals surface area contributed by atoms with Crippen molar-refractivity contribution in [2.75, 3.05) is 10.2 Å². The van der Waals surface area contributed by atoms with Crippen LogP contribution in [-0.2, 0) is 11.8 Å². The van der Waals surface area contributed by atoms with Gasteiger partial charge in [0.2, 0.25) is 5.91 Å². The molecule has 28 heavy (non-hydrogen) atoms. The fourth-order valence-corrected chi connectivity index (χ4v) is 3.93. The first kappa shape index (κ1) is 18.2. The van der Waals surface area contributed by atoms with Gasteiger partial charge in [0.15, 0.2) is 5.11 Å². The van der Waals surface area contributed by atoms with Crippen molar-refractivity contribution in [3.05, 3.63) is 78.4 Å². The zero-order valence-corrected chi connectivity index (χ0v) is 16.5. The lowest BCUT2D eigenvalue weighted by Gasteiger charge is -2.27.